The van der Waals surface area contributed by atoms with E-state index in [1.165, 1.54) is 11.3 Å². The predicted molar refractivity (Wildman–Crippen MR) is 77.2 cm³/mol. The Labute approximate surface area is 112 Å². The van der Waals surface area contributed by atoms with Gasteiger partial charge in [0, 0.05) is 10.9 Å². The van der Waals surface area contributed by atoms with Crippen LogP contribution in [0.15, 0.2) is 17.5 Å². The third kappa shape index (κ3) is 2.64. The zero-order valence-corrected chi connectivity index (χ0v) is 12.0. The van der Waals surface area contributed by atoms with Crippen molar-refractivity contribution in [2.75, 3.05) is 5.73 Å². The minimum absolute atomic E-state index is 0.183. The number of benzene rings is 1. The van der Waals surface area contributed by atoms with E-state index >= 15 is 0 Å². The van der Waals surface area contributed by atoms with Gasteiger partial charge in [-0.25, -0.2) is 4.98 Å². The highest BCUT2D eigenvalue weighted by molar-refractivity contribution is 7.13. The van der Waals surface area contributed by atoms with Gasteiger partial charge < -0.3 is 10.5 Å². The van der Waals surface area contributed by atoms with Crippen LogP contribution in [0.2, 0.25) is 0 Å². The minimum Gasteiger partial charge on any atom is -0.490 e. The predicted octanol–water partition coefficient (Wildman–Crippen LogP) is 3.80. The fourth-order valence-electron chi connectivity index (χ4n) is 1.94. The van der Waals surface area contributed by atoms with Crippen molar-refractivity contribution < 1.29 is 4.74 Å². The highest BCUT2D eigenvalue weighted by atomic mass is 32.1. The van der Waals surface area contributed by atoms with E-state index in [1.54, 1.807) is 0 Å². The summed E-state index contributed by atoms with van der Waals surface area (Å²) >= 11 is 1.46. The van der Waals surface area contributed by atoms with Crippen LogP contribution in [0.1, 0.15) is 25.0 Å². The molecule has 0 spiro atoms. The first-order valence-corrected chi connectivity index (χ1v) is 6.84. The van der Waals surface area contributed by atoms with E-state index in [0.717, 1.165) is 28.1 Å². The van der Waals surface area contributed by atoms with Crippen molar-refractivity contribution in [3.05, 3.63) is 28.6 Å². The summed E-state index contributed by atoms with van der Waals surface area (Å²) in [6, 6.07) is 4.19. The van der Waals surface area contributed by atoms with E-state index in [0.29, 0.717) is 5.13 Å². The largest absolute Gasteiger partial charge is 0.490 e. The molecule has 1 heterocycles. The van der Waals surface area contributed by atoms with Crippen molar-refractivity contribution in [1.82, 2.24) is 4.98 Å². The summed E-state index contributed by atoms with van der Waals surface area (Å²) in [5, 5.41) is 2.58. The minimum atomic E-state index is 0.183. The molecule has 0 radical (unpaired) electrons. The number of hydrogen-bond donors (Lipinski definition) is 1. The average molecular weight is 262 g/mol. The molecule has 0 fully saturated rings. The van der Waals surface area contributed by atoms with Gasteiger partial charge in [0.2, 0.25) is 0 Å². The van der Waals surface area contributed by atoms with E-state index in [-0.39, 0.29) is 6.10 Å². The van der Waals surface area contributed by atoms with Crippen LogP contribution in [0, 0.1) is 13.8 Å². The second-order valence-electron chi connectivity index (χ2n) is 4.68. The molecule has 0 bridgehead atoms. The molecule has 2 N–H and O–H groups in total. The van der Waals surface area contributed by atoms with Crippen LogP contribution >= 0.6 is 11.3 Å². The number of nitrogen functional groups attached to an aromatic ring is 1. The Morgan fingerprint density at radius 2 is 1.83 bits per heavy atom. The van der Waals surface area contributed by atoms with E-state index in [4.69, 9.17) is 10.5 Å². The number of hydrogen-bond acceptors (Lipinski definition) is 4. The third-order valence-corrected chi connectivity index (χ3v) is 3.31. The highest BCUT2D eigenvalue weighted by Crippen LogP contribution is 2.31. The van der Waals surface area contributed by atoms with Crippen molar-refractivity contribution in [2.45, 2.75) is 33.8 Å². The lowest BCUT2D eigenvalue weighted by Gasteiger charge is -2.16. The molecule has 2 rings (SSSR count). The number of thiazole rings is 1. The van der Waals surface area contributed by atoms with Crippen molar-refractivity contribution >= 4 is 16.5 Å². The smallest absolute Gasteiger partial charge is 0.180 e. The summed E-state index contributed by atoms with van der Waals surface area (Å²) in [6.45, 7) is 8.19. The molecule has 96 valence electrons. The second-order valence-corrected chi connectivity index (χ2v) is 5.57. The lowest BCUT2D eigenvalue weighted by atomic mass is 10.0. The average Bonchev–Trinajstić information content (AvgIpc) is 2.70. The highest BCUT2D eigenvalue weighted by Gasteiger charge is 2.10. The van der Waals surface area contributed by atoms with Crippen LogP contribution in [0.25, 0.3) is 11.3 Å². The maximum Gasteiger partial charge on any atom is 0.180 e. The molecular weight excluding hydrogens is 244 g/mol. The molecule has 0 aliphatic rings. The number of anilines is 1. The van der Waals surface area contributed by atoms with Gasteiger partial charge >= 0.3 is 0 Å². The molecule has 0 aliphatic heterocycles. The summed E-state index contributed by atoms with van der Waals surface area (Å²) in [4.78, 5) is 4.31. The van der Waals surface area contributed by atoms with Gasteiger partial charge in [0.05, 0.1) is 11.8 Å². The van der Waals surface area contributed by atoms with Crippen molar-refractivity contribution in [3.63, 3.8) is 0 Å². The van der Waals surface area contributed by atoms with E-state index in [2.05, 4.69) is 31.0 Å². The first-order chi connectivity index (χ1) is 8.47. The van der Waals surface area contributed by atoms with Gasteiger partial charge in [-0.15, -0.1) is 11.3 Å². The summed E-state index contributed by atoms with van der Waals surface area (Å²) in [5.74, 6) is 0.969. The molecule has 3 nitrogen and oxygen atoms in total. The van der Waals surface area contributed by atoms with E-state index in [1.807, 2.05) is 19.2 Å². The standard InChI is InChI=1S/C14H18N2OS/c1-8(2)17-13-9(3)5-11(6-10(13)4)12-7-18-14(15)16-12/h5-8H,1-4H3,(H2,15,16). The molecule has 0 amide bonds. The Morgan fingerprint density at radius 1 is 1.22 bits per heavy atom. The third-order valence-electron chi connectivity index (χ3n) is 2.63. The van der Waals surface area contributed by atoms with Gasteiger partial charge in [0.1, 0.15) is 5.75 Å². The van der Waals surface area contributed by atoms with Gasteiger partial charge in [-0.3, -0.25) is 0 Å². The van der Waals surface area contributed by atoms with Crippen molar-refractivity contribution in [3.8, 4) is 17.0 Å². The van der Waals surface area contributed by atoms with Crippen LogP contribution in [0.4, 0.5) is 5.13 Å². The van der Waals surface area contributed by atoms with Crippen molar-refractivity contribution in [1.29, 1.82) is 0 Å². The first kappa shape index (κ1) is 12.9. The van der Waals surface area contributed by atoms with Gasteiger partial charge in [-0.1, -0.05) is 0 Å². The summed E-state index contributed by atoms with van der Waals surface area (Å²) in [7, 11) is 0. The van der Waals surface area contributed by atoms with Gasteiger partial charge in [-0.2, -0.15) is 0 Å². The van der Waals surface area contributed by atoms with Crippen molar-refractivity contribution in [2.24, 2.45) is 0 Å². The topological polar surface area (TPSA) is 48.1 Å². The Morgan fingerprint density at radius 3 is 2.28 bits per heavy atom. The molecule has 4 heteroatoms. The second kappa shape index (κ2) is 4.98. The molecule has 18 heavy (non-hydrogen) atoms. The molecule has 1 aromatic heterocycles. The monoisotopic (exact) mass is 262 g/mol. The first-order valence-electron chi connectivity index (χ1n) is 5.96. The molecule has 0 saturated heterocycles. The zero-order chi connectivity index (χ0) is 13.3. The van der Waals surface area contributed by atoms with Gasteiger partial charge in [0.15, 0.2) is 5.13 Å². The van der Waals surface area contributed by atoms with Crippen LogP contribution in [-0.4, -0.2) is 11.1 Å². The molecular formula is C14H18N2OS. The fraction of sp³-hybridized carbons (Fsp3) is 0.357. The fourth-order valence-corrected chi connectivity index (χ4v) is 2.51. The van der Waals surface area contributed by atoms with Gasteiger partial charge in [-0.05, 0) is 51.0 Å². The summed E-state index contributed by atoms with van der Waals surface area (Å²) < 4.78 is 5.83. The summed E-state index contributed by atoms with van der Waals surface area (Å²) in [5.41, 5.74) is 9.95. The molecule has 0 atom stereocenters. The maximum atomic E-state index is 5.83. The molecule has 0 saturated carbocycles. The molecule has 0 aliphatic carbocycles. The molecule has 1 aromatic carbocycles. The normalized spacial score (nSPS) is 10.9. The van der Waals surface area contributed by atoms with Crippen LogP contribution in [0.5, 0.6) is 5.75 Å². The van der Waals surface area contributed by atoms with Crippen LogP contribution in [-0.2, 0) is 0 Å². The molecule has 2 aromatic rings. The Balaban J connectivity index is 2.42. The number of nitrogens with two attached hydrogens (primary N) is 1. The number of aryl methyl sites for hydroxylation is 2. The van der Waals surface area contributed by atoms with E-state index in [9.17, 15) is 0 Å². The Hall–Kier alpha value is -1.55. The van der Waals surface area contributed by atoms with Crippen LogP contribution in [0.3, 0.4) is 0 Å². The Kier molecular flexibility index (Phi) is 3.57. The number of ether oxygens (including phenoxy) is 1. The lowest BCUT2D eigenvalue weighted by molar-refractivity contribution is 0.239. The zero-order valence-electron chi connectivity index (χ0n) is 11.2. The Bertz CT molecular complexity index is 538. The molecule has 0 unspecified atom stereocenters. The maximum absolute atomic E-state index is 5.83. The SMILES string of the molecule is Cc1cc(-c2csc(N)n2)cc(C)c1OC(C)C. The number of aromatic nitrogens is 1. The van der Waals surface area contributed by atoms with Crippen LogP contribution < -0.4 is 10.5 Å². The number of nitrogens with zero attached hydrogens (tertiary/aromatic N) is 1. The number of rotatable bonds is 3. The quantitative estimate of drug-likeness (QED) is 0.915. The van der Waals surface area contributed by atoms with E-state index < -0.39 is 0 Å². The summed E-state index contributed by atoms with van der Waals surface area (Å²) in [6.07, 6.45) is 0.183. The van der Waals surface area contributed by atoms with Gasteiger partial charge in [0.25, 0.3) is 0 Å². The lowest BCUT2D eigenvalue weighted by Crippen LogP contribution is -2.08.